The van der Waals surface area contributed by atoms with Crippen LogP contribution in [0.1, 0.15) is 0 Å². The van der Waals surface area contributed by atoms with Crippen molar-refractivity contribution in [3.8, 4) is 11.1 Å². The van der Waals surface area contributed by atoms with Crippen molar-refractivity contribution in [2.24, 2.45) is 0 Å². The van der Waals surface area contributed by atoms with Crippen LogP contribution in [0.3, 0.4) is 0 Å². The van der Waals surface area contributed by atoms with Crippen LogP contribution in [0, 0.1) is 10.6 Å². The number of hydrogen-bond acceptors (Lipinski definition) is 3. The standard InChI is InChI=1S/C11H6ClFN4OS/c12-8-7(5-1-3-6(13)4-2-5)9-14-10(19)15-11(18)17(9)16-8/h1-4,16H,(H,15,18,19). The van der Waals surface area contributed by atoms with Crippen LogP contribution in [0.4, 0.5) is 4.39 Å². The Balaban J connectivity index is 2.41. The number of hydrogen-bond donors (Lipinski definition) is 2. The number of H-pyrrole nitrogens is 2. The summed E-state index contributed by atoms with van der Waals surface area (Å²) in [6.45, 7) is 0. The number of nitrogens with zero attached hydrogens (tertiary/aromatic N) is 2. The van der Waals surface area contributed by atoms with E-state index < -0.39 is 5.69 Å². The lowest BCUT2D eigenvalue weighted by Crippen LogP contribution is -2.18. The summed E-state index contributed by atoms with van der Waals surface area (Å²) in [5.74, 6) is -0.359. The van der Waals surface area contributed by atoms with Gasteiger partial charge in [0, 0.05) is 0 Å². The maximum absolute atomic E-state index is 12.9. The highest BCUT2D eigenvalue weighted by atomic mass is 35.5. The average molecular weight is 297 g/mol. The van der Waals surface area contributed by atoms with Gasteiger partial charge < -0.3 is 0 Å². The van der Waals surface area contributed by atoms with Crippen molar-refractivity contribution in [3.63, 3.8) is 0 Å². The van der Waals surface area contributed by atoms with Crippen LogP contribution >= 0.6 is 23.8 Å². The van der Waals surface area contributed by atoms with Crippen molar-refractivity contribution in [1.82, 2.24) is 19.6 Å². The Kier molecular flexibility index (Phi) is 2.72. The van der Waals surface area contributed by atoms with E-state index in [1.54, 1.807) is 12.1 Å². The smallest absolute Gasteiger partial charge is 0.281 e. The van der Waals surface area contributed by atoms with Gasteiger partial charge in [-0.1, -0.05) is 23.7 Å². The normalized spacial score (nSPS) is 11.1. The molecule has 3 rings (SSSR count). The van der Waals surface area contributed by atoms with Crippen molar-refractivity contribution < 1.29 is 4.39 Å². The summed E-state index contributed by atoms with van der Waals surface area (Å²) >= 11 is 10.9. The van der Waals surface area contributed by atoms with Gasteiger partial charge in [-0.2, -0.15) is 9.50 Å². The van der Waals surface area contributed by atoms with Crippen LogP contribution in [-0.4, -0.2) is 19.6 Å². The fraction of sp³-hybridized carbons (Fsp3) is 0. The van der Waals surface area contributed by atoms with E-state index in [0.717, 1.165) is 4.52 Å². The Morgan fingerprint density at radius 3 is 2.68 bits per heavy atom. The van der Waals surface area contributed by atoms with Gasteiger partial charge in [0.15, 0.2) is 5.65 Å². The van der Waals surface area contributed by atoms with Crippen LogP contribution in [0.2, 0.25) is 5.15 Å². The monoisotopic (exact) mass is 296 g/mol. The lowest BCUT2D eigenvalue weighted by atomic mass is 10.1. The lowest BCUT2D eigenvalue weighted by Gasteiger charge is -1.99. The van der Waals surface area contributed by atoms with Crippen molar-refractivity contribution >= 4 is 29.5 Å². The van der Waals surface area contributed by atoms with Crippen LogP contribution in [-0.2, 0) is 0 Å². The first-order chi connectivity index (χ1) is 9.06. The molecule has 0 radical (unpaired) electrons. The van der Waals surface area contributed by atoms with Crippen LogP contribution in [0.5, 0.6) is 0 Å². The lowest BCUT2D eigenvalue weighted by molar-refractivity contribution is 0.628. The molecule has 0 fully saturated rings. The minimum Gasteiger partial charge on any atom is -0.281 e. The van der Waals surface area contributed by atoms with Crippen molar-refractivity contribution in [2.45, 2.75) is 0 Å². The summed E-state index contributed by atoms with van der Waals surface area (Å²) in [7, 11) is 0. The molecule has 0 spiro atoms. The predicted molar refractivity (Wildman–Crippen MR) is 71.4 cm³/mol. The molecule has 3 aromatic rings. The van der Waals surface area contributed by atoms with Gasteiger partial charge in [0.05, 0.1) is 5.56 Å². The quantitative estimate of drug-likeness (QED) is 0.678. The van der Waals surface area contributed by atoms with Gasteiger partial charge >= 0.3 is 5.69 Å². The van der Waals surface area contributed by atoms with E-state index in [-0.39, 0.29) is 15.7 Å². The van der Waals surface area contributed by atoms with Gasteiger partial charge in [0.1, 0.15) is 11.0 Å². The molecule has 0 aliphatic carbocycles. The van der Waals surface area contributed by atoms with Crippen molar-refractivity contribution in [3.05, 3.63) is 50.5 Å². The number of fused-ring (bicyclic) bond motifs is 1. The maximum atomic E-state index is 12.9. The summed E-state index contributed by atoms with van der Waals surface area (Å²) in [6, 6.07) is 5.71. The number of halogens is 2. The molecule has 0 bridgehead atoms. The Bertz CT molecular complexity index is 880. The van der Waals surface area contributed by atoms with E-state index in [2.05, 4.69) is 15.1 Å². The molecule has 2 N–H and O–H groups in total. The maximum Gasteiger partial charge on any atom is 0.348 e. The third-order valence-electron chi connectivity index (χ3n) is 2.62. The molecule has 0 atom stereocenters. The van der Waals surface area contributed by atoms with E-state index in [1.165, 1.54) is 12.1 Å². The molecule has 5 nitrogen and oxygen atoms in total. The predicted octanol–water partition coefficient (Wildman–Crippen LogP) is 2.54. The molecule has 8 heteroatoms. The second kappa shape index (κ2) is 4.29. The van der Waals surface area contributed by atoms with Gasteiger partial charge in [0.2, 0.25) is 4.77 Å². The zero-order chi connectivity index (χ0) is 13.6. The first kappa shape index (κ1) is 12.1. The molecule has 96 valence electrons. The van der Waals surface area contributed by atoms with Gasteiger partial charge in [0.25, 0.3) is 0 Å². The topological polar surface area (TPSA) is 66.0 Å². The van der Waals surface area contributed by atoms with E-state index in [0.29, 0.717) is 16.8 Å². The molecule has 0 saturated heterocycles. The van der Waals surface area contributed by atoms with E-state index in [9.17, 15) is 9.18 Å². The summed E-state index contributed by atoms with van der Waals surface area (Å²) < 4.78 is 14.1. The highest BCUT2D eigenvalue weighted by Crippen LogP contribution is 2.29. The minimum absolute atomic E-state index is 0.0593. The number of aromatic nitrogens is 4. The van der Waals surface area contributed by atoms with Gasteiger partial charge in [-0.25, -0.2) is 9.18 Å². The average Bonchev–Trinajstić information content (AvgIpc) is 2.67. The first-order valence-corrected chi connectivity index (χ1v) is 6.01. The molecule has 0 unspecified atom stereocenters. The Morgan fingerprint density at radius 1 is 1.32 bits per heavy atom. The van der Waals surface area contributed by atoms with Crippen LogP contribution in [0.25, 0.3) is 16.8 Å². The third kappa shape index (κ3) is 1.96. The second-order valence-electron chi connectivity index (χ2n) is 3.81. The van der Waals surface area contributed by atoms with Crippen molar-refractivity contribution in [1.29, 1.82) is 0 Å². The van der Waals surface area contributed by atoms with E-state index in [1.807, 2.05) is 0 Å². The van der Waals surface area contributed by atoms with E-state index >= 15 is 0 Å². The number of nitrogens with one attached hydrogen (secondary N) is 2. The minimum atomic E-state index is -0.467. The fourth-order valence-electron chi connectivity index (χ4n) is 1.81. The summed E-state index contributed by atoms with van der Waals surface area (Å²) in [6.07, 6.45) is 0. The molecule has 2 heterocycles. The highest BCUT2D eigenvalue weighted by Gasteiger charge is 2.14. The molecule has 1 aromatic carbocycles. The number of rotatable bonds is 1. The molecule has 0 amide bonds. The summed E-state index contributed by atoms with van der Waals surface area (Å²) in [5, 5.41) is 2.90. The Morgan fingerprint density at radius 2 is 2.00 bits per heavy atom. The van der Waals surface area contributed by atoms with Crippen LogP contribution in [0.15, 0.2) is 29.1 Å². The van der Waals surface area contributed by atoms with Crippen LogP contribution < -0.4 is 5.69 Å². The Labute approximate surface area is 115 Å². The van der Waals surface area contributed by atoms with Crippen molar-refractivity contribution in [2.75, 3.05) is 0 Å². The largest absolute Gasteiger partial charge is 0.348 e. The van der Waals surface area contributed by atoms with E-state index in [4.69, 9.17) is 23.8 Å². The zero-order valence-corrected chi connectivity index (χ0v) is 10.8. The Hall–Kier alpha value is -1.99. The van der Waals surface area contributed by atoms with Gasteiger partial charge in [-0.3, -0.25) is 10.1 Å². The number of aromatic amines is 2. The molecule has 0 aliphatic rings. The van der Waals surface area contributed by atoms with Gasteiger partial charge in [-0.05, 0) is 29.9 Å². The summed E-state index contributed by atoms with van der Waals surface area (Å²) in [5.41, 5.74) is 0.965. The SMILES string of the molecule is O=c1[nH]c(=S)nc2c(-c3ccc(F)cc3)c(Cl)[nH]n12. The highest BCUT2D eigenvalue weighted by molar-refractivity contribution is 7.71. The fourth-order valence-corrected chi connectivity index (χ4v) is 2.27. The summed E-state index contributed by atoms with van der Waals surface area (Å²) in [4.78, 5) is 18.1. The van der Waals surface area contributed by atoms with Gasteiger partial charge in [-0.15, -0.1) is 0 Å². The first-order valence-electron chi connectivity index (χ1n) is 5.23. The molecular formula is C11H6ClFN4OS. The molecular weight excluding hydrogens is 291 g/mol. The molecule has 0 aliphatic heterocycles. The zero-order valence-electron chi connectivity index (χ0n) is 9.28. The number of benzene rings is 1. The molecule has 2 aromatic heterocycles. The second-order valence-corrected chi connectivity index (χ2v) is 4.58. The molecule has 19 heavy (non-hydrogen) atoms. The molecule has 0 saturated carbocycles. The third-order valence-corrected chi connectivity index (χ3v) is 3.09.